The zero-order chi connectivity index (χ0) is 35.4. The van der Waals surface area contributed by atoms with E-state index in [-0.39, 0.29) is 5.41 Å². The van der Waals surface area contributed by atoms with Crippen LogP contribution in [0.3, 0.4) is 0 Å². The molecule has 8 aromatic rings. The van der Waals surface area contributed by atoms with Gasteiger partial charge in [-0.25, -0.2) is 0 Å². The minimum Gasteiger partial charge on any atom is -0.310 e. The summed E-state index contributed by atoms with van der Waals surface area (Å²) < 4.78 is 0. The van der Waals surface area contributed by atoms with E-state index in [1.54, 1.807) is 11.1 Å². The number of fused-ring (bicyclic) bond motifs is 6. The summed E-state index contributed by atoms with van der Waals surface area (Å²) in [5.74, 6) is 3.43. The molecule has 1 spiro atoms. The maximum Gasteiger partial charge on any atom is 0.0468 e. The third kappa shape index (κ3) is 4.33. The van der Waals surface area contributed by atoms with Crippen molar-refractivity contribution in [3.8, 4) is 33.4 Å². The Morgan fingerprint density at radius 2 is 1.04 bits per heavy atom. The summed E-state index contributed by atoms with van der Waals surface area (Å²) in [5, 5.41) is 5.10. The highest BCUT2D eigenvalue weighted by molar-refractivity contribution is 6.08. The number of hydrogen-bond donors (Lipinski definition) is 0. The van der Waals surface area contributed by atoms with Crippen LogP contribution in [0.5, 0.6) is 0 Å². The van der Waals surface area contributed by atoms with Crippen LogP contribution in [0.4, 0.5) is 17.1 Å². The van der Waals surface area contributed by atoms with Gasteiger partial charge in [0.25, 0.3) is 0 Å². The second-order valence-corrected chi connectivity index (χ2v) is 16.5. The highest BCUT2D eigenvalue weighted by atomic mass is 15.1. The molecule has 258 valence electrons. The van der Waals surface area contributed by atoms with E-state index < -0.39 is 0 Å². The van der Waals surface area contributed by atoms with Crippen molar-refractivity contribution in [1.29, 1.82) is 0 Å². The molecule has 5 aliphatic rings. The lowest BCUT2D eigenvalue weighted by Gasteiger charge is -2.44. The van der Waals surface area contributed by atoms with Crippen LogP contribution in [0.2, 0.25) is 0 Å². The average molecular weight is 692 g/mol. The molecule has 0 heterocycles. The van der Waals surface area contributed by atoms with Gasteiger partial charge in [0.15, 0.2) is 0 Å². The van der Waals surface area contributed by atoms with Crippen molar-refractivity contribution in [2.24, 2.45) is 23.7 Å². The molecule has 0 aromatic heterocycles. The van der Waals surface area contributed by atoms with Crippen LogP contribution in [0.25, 0.3) is 54.9 Å². The topological polar surface area (TPSA) is 3.24 Å². The second-order valence-electron chi connectivity index (χ2n) is 16.5. The van der Waals surface area contributed by atoms with Crippen LogP contribution in [0.15, 0.2) is 176 Å². The number of anilines is 3. The van der Waals surface area contributed by atoms with Gasteiger partial charge in [-0.2, -0.15) is 0 Å². The first-order chi connectivity index (χ1) is 26.7. The normalized spacial score (nSPS) is 23.0. The minimum absolute atomic E-state index is 0.198. The van der Waals surface area contributed by atoms with Crippen LogP contribution in [-0.2, 0) is 5.41 Å². The smallest absolute Gasteiger partial charge is 0.0468 e. The highest BCUT2D eigenvalue weighted by Gasteiger charge is 2.65. The largest absolute Gasteiger partial charge is 0.310 e. The van der Waals surface area contributed by atoms with Crippen molar-refractivity contribution in [1.82, 2.24) is 0 Å². The number of benzene rings is 8. The molecule has 0 N–H and O–H groups in total. The van der Waals surface area contributed by atoms with Crippen molar-refractivity contribution in [2.45, 2.75) is 31.1 Å². The fraction of sp³-hybridized carbons (Fsp3) is 0.170. The van der Waals surface area contributed by atoms with Gasteiger partial charge >= 0.3 is 0 Å². The number of rotatable bonds is 5. The first kappa shape index (κ1) is 30.5. The maximum atomic E-state index is 2.60. The first-order valence-electron chi connectivity index (χ1n) is 19.9. The summed E-state index contributed by atoms with van der Waals surface area (Å²) in [6, 6.07) is 66.0. The van der Waals surface area contributed by atoms with Gasteiger partial charge in [-0.15, -0.1) is 0 Å². The fourth-order valence-corrected chi connectivity index (χ4v) is 12.0. The van der Waals surface area contributed by atoms with Gasteiger partial charge in [0, 0.05) is 22.5 Å². The summed E-state index contributed by atoms with van der Waals surface area (Å²) in [5.41, 5.74) is 14.9. The SMILES string of the molecule is c1ccc(-c2ccc(N(c3ccc(-c4ccc5c(c4)C4(c6ccccc6-5)C5CC6CC(C5)C4C6)cc3)c3ccc4c(ccc5ccccc54)c3)cc2)cc1. The van der Waals surface area contributed by atoms with E-state index in [2.05, 4.69) is 181 Å². The monoisotopic (exact) mass is 691 g/mol. The van der Waals surface area contributed by atoms with Gasteiger partial charge in [-0.05, 0) is 158 Å². The molecule has 0 amide bonds. The minimum atomic E-state index is 0.198. The number of hydrogen-bond acceptors (Lipinski definition) is 1. The summed E-state index contributed by atoms with van der Waals surface area (Å²) in [7, 11) is 0. The predicted molar refractivity (Wildman–Crippen MR) is 226 cm³/mol. The van der Waals surface area contributed by atoms with E-state index in [1.165, 1.54) is 80.6 Å². The molecular weight excluding hydrogens is 651 g/mol. The molecule has 4 bridgehead atoms. The van der Waals surface area contributed by atoms with E-state index in [1.807, 2.05) is 0 Å². The molecule has 0 aliphatic heterocycles. The van der Waals surface area contributed by atoms with Crippen molar-refractivity contribution in [2.75, 3.05) is 4.90 Å². The Morgan fingerprint density at radius 1 is 0.407 bits per heavy atom. The Balaban J connectivity index is 0.955. The van der Waals surface area contributed by atoms with Crippen molar-refractivity contribution in [3.05, 3.63) is 187 Å². The van der Waals surface area contributed by atoms with Crippen LogP contribution in [-0.4, -0.2) is 0 Å². The Bertz CT molecular complexity index is 2740. The molecule has 0 saturated heterocycles. The molecule has 8 aromatic carbocycles. The predicted octanol–water partition coefficient (Wildman–Crippen LogP) is 14.1. The molecule has 54 heavy (non-hydrogen) atoms. The van der Waals surface area contributed by atoms with E-state index in [0.29, 0.717) is 0 Å². The summed E-state index contributed by atoms with van der Waals surface area (Å²) in [6.07, 6.45) is 5.70. The quantitative estimate of drug-likeness (QED) is 0.162. The highest BCUT2D eigenvalue weighted by Crippen LogP contribution is 2.73. The van der Waals surface area contributed by atoms with Crippen LogP contribution >= 0.6 is 0 Å². The summed E-state index contributed by atoms with van der Waals surface area (Å²) in [6.45, 7) is 0. The molecule has 5 unspecified atom stereocenters. The van der Waals surface area contributed by atoms with Gasteiger partial charge in [0.1, 0.15) is 0 Å². The third-order valence-electron chi connectivity index (χ3n) is 14.0. The molecule has 13 rings (SSSR count). The van der Waals surface area contributed by atoms with Crippen molar-refractivity contribution >= 4 is 38.6 Å². The summed E-state index contributed by atoms with van der Waals surface area (Å²) in [4.78, 5) is 2.41. The lowest BCUT2D eigenvalue weighted by atomic mass is 9.59. The first-order valence-corrected chi connectivity index (χ1v) is 19.9. The van der Waals surface area contributed by atoms with Crippen molar-refractivity contribution < 1.29 is 0 Å². The molecule has 4 fully saturated rings. The Morgan fingerprint density at radius 3 is 1.85 bits per heavy atom. The fourth-order valence-electron chi connectivity index (χ4n) is 12.0. The maximum absolute atomic E-state index is 2.60. The van der Waals surface area contributed by atoms with Crippen LogP contribution in [0, 0.1) is 23.7 Å². The molecule has 0 radical (unpaired) electrons. The Kier molecular flexibility index (Phi) is 6.52. The number of nitrogens with zero attached hydrogens (tertiary/aromatic N) is 1. The van der Waals surface area contributed by atoms with Crippen LogP contribution < -0.4 is 4.90 Å². The molecule has 5 atom stereocenters. The van der Waals surface area contributed by atoms with E-state index >= 15 is 0 Å². The van der Waals surface area contributed by atoms with Gasteiger partial charge in [0.05, 0.1) is 0 Å². The molecule has 5 aliphatic carbocycles. The van der Waals surface area contributed by atoms with E-state index in [4.69, 9.17) is 0 Å². The average Bonchev–Trinajstić information content (AvgIpc) is 3.78. The second kappa shape index (κ2) is 11.5. The van der Waals surface area contributed by atoms with Crippen LogP contribution in [0.1, 0.15) is 36.8 Å². The van der Waals surface area contributed by atoms with Gasteiger partial charge < -0.3 is 4.90 Å². The Labute approximate surface area is 317 Å². The summed E-state index contributed by atoms with van der Waals surface area (Å²) >= 11 is 0. The van der Waals surface area contributed by atoms with Crippen molar-refractivity contribution in [3.63, 3.8) is 0 Å². The lowest BCUT2D eigenvalue weighted by Crippen LogP contribution is -2.40. The standard InChI is InChI=1S/C53H41N/c1-2-8-35(9-3-1)36-16-21-43(22-17-36)54(45-25-27-47-40(32-45)15-14-38-10-4-5-11-46(38)47)44-23-18-37(19-24-44)39-20-26-49-48-12-6-7-13-50(48)53(52(49)33-39)42-29-34-28-41(31-42)51(53)30-34/h1-27,32-34,41-42,51H,28-31H2. The zero-order valence-electron chi connectivity index (χ0n) is 30.3. The molecule has 1 nitrogen and oxygen atoms in total. The zero-order valence-corrected chi connectivity index (χ0v) is 30.3. The van der Waals surface area contributed by atoms with Gasteiger partial charge in [-0.3, -0.25) is 0 Å². The van der Waals surface area contributed by atoms with E-state index in [0.717, 1.165) is 40.7 Å². The lowest BCUT2D eigenvalue weighted by molar-refractivity contribution is 0.191. The molecular formula is C53H41N. The molecule has 1 heteroatoms. The molecule has 4 saturated carbocycles. The third-order valence-corrected chi connectivity index (χ3v) is 14.0. The Hall–Kier alpha value is -5.92. The van der Waals surface area contributed by atoms with E-state index in [9.17, 15) is 0 Å². The van der Waals surface area contributed by atoms with Gasteiger partial charge in [-0.1, -0.05) is 133 Å². The van der Waals surface area contributed by atoms with Gasteiger partial charge in [0.2, 0.25) is 0 Å².